The number of methoxy groups -OCH3 is 1. The first-order valence-corrected chi connectivity index (χ1v) is 4.95. The number of nitrogens with two attached hydrogens (primary N) is 1. The highest BCUT2D eigenvalue weighted by Crippen LogP contribution is 2.31. The van der Waals surface area contributed by atoms with E-state index in [2.05, 4.69) is 6.07 Å². The van der Waals surface area contributed by atoms with Crippen LogP contribution < -0.4 is 10.5 Å². The summed E-state index contributed by atoms with van der Waals surface area (Å²) in [5, 5.41) is 1.04. The van der Waals surface area contributed by atoms with Crippen LogP contribution in [0.3, 0.4) is 0 Å². The Morgan fingerprint density at radius 3 is 2.67 bits per heavy atom. The maximum absolute atomic E-state index is 5.77. The molecule has 0 spiro atoms. The minimum Gasteiger partial charge on any atom is -0.493 e. The van der Waals surface area contributed by atoms with Crippen molar-refractivity contribution in [3.63, 3.8) is 0 Å². The number of hydrogen-bond acceptors (Lipinski definition) is 3. The van der Waals surface area contributed by atoms with Crippen molar-refractivity contribution in [2.24, 2.45) is 5.73 Å². The number of rotatable bonds is 2. The zero-order chi connectivity index (χ0) is 11.0. The minimum atomic E-state index is -0.0950. The summed E-state index contributed by atoms with van der Waals surface area (Å²) in [7, 11) is 1.64. The third-order valence-corrected chi connectivity index (χ3v) is 2.41. The van der Waals surface area contributed by atoms with Gasteiger partial charge in [0.2, 0.25) is 0 Å². The first-order valence-electron chi connectivity index (χ1n) is 4.95. The molecule has 0 saturated carbocycles. The Labute approximate surface area is 88.8 Å². The fourth-order valence-electron chi connectivity index (χ4n) is 1.66. The molecule has 0 fully saturated rings. The number of aryl methyl sites for hydroxylation is 1. The Bertz CT molecular complexity index is 486. The van der Waals surface area contributed by atoms with Gasteiger partial charge in [0.15, 0.2) is 11.3 Å². The molecule has 0 saturated heterocycles. The van der Waals surface area contributed by atoms with Gasteiger partial charge >= 0.3 is 0 Å². The van der Waals surface area contributed by atoms with Crippen LogP contribution >= 0.6 is 0 Å². The molecule has 1 heterocycles. The van der Waals surface area contributed by atoms with Crippen molar-refractivity contribution in [1.29, 1.82) is 0 Å². The van der Waals surface area contributed by atoms with Gasteiger partial charge in [-0.3, -0.25) is 0 Å². The standard InChI is InChI=1S/C12H15NO2/c1-7-4-9-6-10(8(2)13)15-12(9)11(5-7)14-3/h4-6,8H,13H2,1-3H3. The SMILES string of the molecule is COc1cc(C)cc2cc(C(C)N)oc12. The van der Waals surface area contributed by atoms with Gasteiger partial charge in [-0.2, -0.15) is 0 Å². The maximum Gasteiger partial charge on any atom is 0.176 e. The molecule has 1 aromatic heterocycles. The molecule has 0 bridgehead atoms. The number of hydrogen-bond donors (Lipinski definition) is 1. The molecule has 1 unspecified atom stereocenters. The van der Waals surface area contributed by atoms with E-state index in [0.717, 1.165) is 28.0 Å². The van der Waals surface area contributed by atoms with Crippen LogP contribution in [0.5, 0.6) is 5.75 Å². The number of ether oxygens (including phenoxy) is 1. The van der Waals surface area contributed by atoms with Crippen LogP contribution in [0.15, 0.2) is 22.6 Å². The summed E-state index contributed by atoms with van der Waals surface area (Å²) in [4.78, 5) is 0. The first-order chi connectivity index (χ1) is 7.11. The molecule has 2 aromatic rings. The monoisotopic (exact) mass is 205 g/mol. The molecule has 0 aliphatic heterocycles. The van der Waals surface area contributed by atoms with Crippen molar-refractivity contribution >= 4 is 11.0 Å². The predicted molar refractivity (Wildman–Crippen MR) is 60.1 cm³/mol. The molecule has 0 radical (unpaired) electrons. The normalized spacial score (nSPS) is 13.1. The van der Waals surface area contributed by atoms with Crippen molar-refractivity contribution in [2.75, 3.05) is 7.11 Å². The Kier molecular flexibility index (Phi) is 2.40. The molecule has 2 N–H and O–H groups in total. The topological polar surface area (TPSA) is 48.4 Å². The second kappa shape index (κ2) is 3.59. The second-order valence-electron chi connectivity index (χ2n) is 3.82. The molecule has 0 aliphatic carbocycles. The van der Waals surface area contributed by atoms with Crippen LogP contribution in [0.2, 0.25) is 0 Å². The lowest BCUT2D eigenvalue weighted by Crippen LogP contribution is -2.02. The van der Waals surface area contributed by atoms with Crippen molar-refractivity contribution in [3.05, 3.63) is 29.5 Å². The molecule has 3 heteroatoms. The lowest BCUT2D eigenvalue weighted by molar-refractivity contribution is 0.405. The van der Waals surface area contributed by atoms with Gasteiger partial charge in [0, 0.05) is 5.39 Å². The predicted octanol–water partition coefficient (Wildman–Crippen LogP) is 2.77. The first kappa shape index (κ1) is 10.1. The van der Waals surface area contributed by atoms with Crippen LogP contribution in [0.1, 0.15) is 24.3 Å². The van der Waals surface area contributed by atoms with E-state index < -0.39 is 0 Å². The molecule has 1 atom stereocenters. The smallest absolute Gasteiger partial charge is 0.176 e. The molecule has 2 rings (SSSR count). The Hall–Kier alpha value is -1.48. The van der Waals surface area contributed by atoms with E-state index in [1.165, 1.54) is 0 Å². The Morgan fingerprint density at radius 2 is 2.07 bits per heavy atom. The molecule has 3 nitrogen and oxygen atoms in total. The van der Waals surface area contributed by atoms with Gasteiger partial charge in [-0.25, -0.2) is 0 Å². The summed E-state index contributed by atoms with van der Waals surface area (Å²) in [6.07, 6.45) is 0. The zero-order valence-corrected chi connectivity index (χ0v) is 9.20. The highest BCUT2D eigenvalue weighted by atomic mass is 16.5. The summed E-state index contributed by atoms with van der Waals surface area (Å²) < 4.78 is 10.9. The van der Waals surface area contributed by atoms with Crippen LogP contribution in [-0.2, 0) is 0 Å². The van der Waals surface area contributed by atoms with Gasteiger partial charge in [-0.05, 0) is 37.6 Å². The van der Waals surface area contributed by atoms with Crippen molar-refractivity contribution in [2.45, 2.75) is 19.9 Å². The van der Waals surface area contributed by atoms with Crippen LogP contribution in [0.4, 0.5) is 0 Å². The maximum atomic E-state index is 5.77. The summed E-state index contributed by atoms with van der Waals surface area (Å²) in [6.45, 7) is 3.93. The summed E-state index contributed by atoms with van der Waals surface area (Å²) in [5.41, 5.74) is 7.70. The number of benzene rings is 1. The molecule has 0 amide bonds. The van der Waals surface area contributed by atoms with Crippen molar-refractivity contribution in [1.82, 2.24) is 0 Å². The van der Waals surface area contributed by atoms with Crippen LogP contribution in [0.25, 0.3) is 11.0 Å². The van der Waals surface area contributed by atoms with Gasteiger partial charge in [0.25, 0.3) is 0 Å². The fraction of sp³-hybridized carbons (Fsp3) is 0.333. The summed E-state index contributed by atoms with van der Waals surface area (Å²) in [6, 6.07) is 5.89. The average Bonchev–Trinajstić information content (AvgIpc) is 2.59. The quantitative estimate of drug-likeness (QED) is 0.820. The largest absolute Gasteiger partial charge is 0.493 e. The lowest BCUT2D eigenvalue weighted by atomic mass is 10.1. The van der Waals surface area contributed by atoms with Gasteiger partial charge in [0.05, 0.1) is 13.2 Å². The van der Waals surface area contributed by atoms with E-state index in [9.17, 15) is 0 Å². The highest BCUT2D eigenvalue weighted by Gasteiger charge is 2.11. The number of fused-ring (bicyclic) bond motifs is 1. The summed E-state index contributed by atoms with van der Waals surface area (Å²) in [5.74, 6) is 1.55. The third-order valence-electron chi connectivity index (χ3n) is 2.41. The molecule has 1 aromatic carbocycles. The van der Waals surface area contributed by atoms with Crippen molar-refractivity contribution in [3.8, 4) is 5.75 Å². The average molecular weight is 205 g/mol. The Morgan fingerprint density at radius 1 is 1.33 bits per heavy atom. The van der Waals surface area contributed by atoms with E-state index in [1.807, 2.05) is 26.0 Å². The number of furan rings is 1. The van der Waals surface area contributed by atoms with Gasteiger partial charge in [0.1, 0.15) is 5.76 Å². The lowest BCUT2D eigenvalue weighted by Gasteiger charge is -2.02. The minimum absolute atomic E-state index is 0.0950. The highest BCUT2D eigenvalue weighted by molar-refractivity contribution is 5.84. The van der Waals surface area contributed by atoms with E-state index in [4.69, 9.17) is 14.9 Å². The molecule has 15 heavy (non-hydrogen) atoms. The Balaban J connectivity index is 2.68. The molecule has 80 valence electrons. The summed E-state index contributed by atoms with van der Waals surface area (Å²) >= 11 is 0. The van der Waals surface area contributed by atoms with Gasteiger partial charge in [-0.15, -0.1) is 0 Å². The fourth-order valence-corrected chi connectivity index (χ4v) is 1.66. The van der Waals surface area contributed by atoms with E-state index in [0.29, 0.717) is 0 Å². The van der Waals surface area contributed by atoms with Crippen molar-refractivity contribution < 1.29 is 9.15 Å². The third kappa shape index (κ3) is 1.70. The van der Waals surface area contributed by atoms with E-state index >= 15 is 0 Å². The molecular formula is C12H15NO2. The molecule has 0 aliphatic rings. The molecular weight excluding hydrogens is 190 g/mol. The van der Waals surface area contributed by atoms with Crippen LogP contribution in [0, 0.1) is 6.92 Å². The van der Waals surface area contributed by atoms with E-state index in [-0.39, 0.29) is 6.04 Å². The van der Waals surface area contributed by atoms with E-state index in [1.54, 1.807) is 7.11 Å². The van der Waals surface area contributed by atoms with Crippen LogP contribution in [-0.4, -0.2) is 7.11 Å². The second-order valence-corrected chi connectivity index (χ2v) is 3.82. The van der Waals surface area contributed by atoms with Gasteiger partial charge in [-0.1, -0.05) is 0 Å². The van der Waals surface area contributed by atoms with Gasteiger partial charge < -0.3 is 14.9 Å². The zero-order valence-electron chi connectivity index (χ0n) is 9.20.